The van der Waals surface area contributed by atoms with Gasteiger partial charge >= 0.3 is 0 Å². The van der Waals surface area contributed by atoms with Gasteiger partial charge in [0.25, 0.3) is 5.91 Å². The number of likely N-dealkylation sites (N-methyl/N-ethyl adjacent to an activating group) is 1. The number of carbonyl (C=O) groups is 1. The molecule has 1 saturated heterocycles. The lowest BCUT2D eigenvalue weighted by molar-refractivity contribution is 0.0661. The summed E-state index contributed by atoms with van der Waals surface area (Å²) in [5.41, 5.74) is 1.07. The zero-order valence-electron chi connectivity index (χ0n) is 14.6. The Morgan fingerprint density at radius 2 is 1.81 bits per heavy atom. The predicted molar refractivity (Wildman–Crippen MR) is 103 cm³/mol. The summed E-state index contributed by atoms with van der Waals surface area (Å²) >= 11 is 3.40. The molecule has 0 saturated carbocycles. The van der Waals surface area contributed by atoms with Gasteiger partial charge in [-0.3, -0.25) is 9.20 Å². The van der Waals surface area contributed by atoms with E-state index >= 15 is 0 Å². The van der Waals surface area contributed by atoms with Gasteiger partial charge in [-0.05, 0) is 41.2 Å². The lowest BCUT2D eigenvalue weighted by Crippen LogP contribution is -2.47. The number of phenols is 2. The van der Waals surface area contributed by atoms with E-state index in [1.807, 2.05) is 13.1 Å². The molecule has 0 atom stereocenters. The molecule has 1 fully saturated rings. The van der Waals surface area contributed by atoms with Gasteiger partial charge in [0.15, 0.2) is 11.5 Å². The molecule has 140 valence electrons. The third-order valence-electron chi connectivity index (χ3n) is 4.74. The van der Waals surface area contributed by atoms with Gasteiger partial charge in [0.2, 0.25) is 0 Å². The summed E-state index contributed by atoms with van der Waals surface area (Å²) in [5.74, 6) is -0.306. The Labute approximate surface area is 163 Å². The van der Waals surface area contributed by atoms with Crippen LogP contribution in [0.25, 0.3) is 17.0 Å². The Hall–Kier alpha value is -2.65. The SMILES string of the molecule is CN1CCN(C(=O)c2cc(-c3nnc4ccc(Br)cn34)c(O)cc2O)CC1. The number of amides is 1. The minimum atomic E-state index is -0.267. The molecule has 3 aromatic rings. The van der Waals surface area contributed by atoms with Crippen molar-refractivity contribution in [3.63, 3.8) is 0 Å². The van der Waals surface area contributed by atoms with Crippen molar-refractivity contribution in [1.29, 1.82) is 0 Å². The van der Waals surface area contributed by atoms with Gasteiger partial charge in [-0.25, -0.2) is 0 Å². The molecule has 0 unspecified atom stereocenters. The van der Waals surface area contributed by atoms with Crippen molar-refractivity contribution in [2.45, 2.75) is 0 Å². The van der Waals surface area contributed by atoms with Crippen molar-refractivity contribution >= 4 is 27.5 Å². The van der Waals surface area contributed by atoms with Crippen LogP contribution < -0.4 is 0 Å². The van der Waals surface area contributed by atoms with E-state index in [0.29, 0.717) is 30.1 Å². The summed E-state index contributed by atoms with van der Waals surface area (Å²) in [4.78, 5) is 16.7. The highest BCUT2D eigenvalue weighted by Gasteiger charge is 2.25. The van der Waals surface area contributed by atoms with Crippen LogP contribution in [-0.2, 0) is 0 Å². The van der Waals surface area contributed by atoms with Crippen molar-refractivity contribution < 1.29 is 15.0 Å². The molecule has 9 heteroatoms. The van der Waals surface area contributed by atoms with Crippen LogP contribution in [0.15, 0.2) is 34.9 Å². The second-order valence-electron chi connectivity index (χ2n) is 6.58. The average Bonchev–Trinajstić information content (AvgIpc) is 3.05. The minimum absolute atomic E-state index is 0.138. The largest absolute Gasteiger partial charge is 0.507 e. The average molecular weight is 432 g/mol. The Kier molecular flexibility index (Phi) is 4.48. The molecule has 1 aliphatic rings. The highest BCUT2D eigenvalue weighted by atomic mass is 79.9. The number of phenolic OH excluding ortho intramolecular Hbond substituents is 2. The fourth-order valence-corrected chi connectivity index (χ4v) is 3.49. The molecule has 4 rings (SSSR count). The van der Waals surface area contributed by atoms with E-state index < -0.39 is 0 Å². The summed E-state index contributed by atoms with van der Waals surface area (Å²) in [7, 11) is 2.01. The molecule has 8 nitrogen and oxygen atoms in total. The first-order chi connectivity index (χ1) is 12.9. The number of hydrogen-bond donors (Lipinski definition) is 2. The number of aromatic nitrogens is 3. The highest BCUT2D eigenvalue weighted by molar-refractivity contribution is 9.10. The fraction of sp³-hybridized carbons (Fsp3) is 0.278. The molecule has 2 N–H and O–H groups in total. The fourth-order valence-electron chi connectivity index (χ4n) is 3.16. The van der Waals surface area contributed by atoms with Gasteiger partial charge in [-0.15, -0.1) is 10.2 Å². The summed E-state index contributed by atoms with van der Waals surface area (Å²) in [5, 5.41) is 28.8. The number of piperazine rings is 1. The molecule has 1 amide bonds. The summed E-state index contributed by atoms with van der Waals surface area (Å²) < 4.78 is 2.53. The molecular weight excluding hydrogens is 414 g/mol. The van der Waals surface area contributed by atoms with Crippen molar-refractivity contribution in [3.05, 3.63) is 40.5 Å². The van der Waals surface area contributed by atoms with Crippen molar-refractivity contribution in [1.82, 2.24) is 24.4 Å². The van der Waals surface area contributed by atoms with E-state index in [2.05, 4.69) is 31.0 Å². The first-order valence-electron chi connectivity index (χ1n) is 8.48. The van der Waals surface area contributed by atoms with Gasteiger partial charge in [-0.1, -0.05) is 0 Å². The number of carbonyl (C=O) groups excluding carboxylic acids is 1. The van der Waals surface area contributed by atoms with Crippen LogP contribution in [0.3, 0.4) is 0 Å². The molecule has 0 aliphatic carbocycles. The molecule has 1 aliphatic heterocycles. The first kappa shape index (κ1) is 17.7. The van der Waals surface area contributed by atoms with Gasteiger partial charge in [0, 0.05) is 42.9 Å². The molecule has 3 heterocycles. The van der Waals surface area contributed by atoms with Crippen LogP contribution in [0.5, 0.6) is 11.5 Å². The van der Waals surface area contributed by atoms with Gasteiger partial charge in [0.1, 0.15) is 11.5 Å². The van der Waals surface area contributed by atoms with Gasteiger partial charge in [-0.2, -0.15) is 0 Å². The Morgan fingerprint density at radius 3 is 2.56 bits per heavy atom. The molecule has 0 bridgehead atoms. The van der Waals surface area contributed by atoms with E-state index in [9.17, 15) is 15.0 Å². The molecule has 0 spiro atoms. The van der Waals surface area contributed by atoms with Crippen molar-refractivity contribution in [3.8, 4) is 22.9 Å². The smallest absolute Gasteiger partial charge is 0.257 e. The number of hydrogen-bond acceptors (Lipinski definition) is 6. The second kappa shape index (κ2) is 6.82. The van der Waals surface area contributed by atoms with Gasteiger partial charge < -0.3 is 20.0 Å². The second-order valence-corrected chi connectivity index (χ2v) is 7.50. The zero-order valence-corrected chi connectivity index (χ0v) is 16.2. The maximum Gasteiger partial charge on any atom is 0.257 e. The predicted octanol–water partition coefficient (Wildman–Crippen LogP) is 1.96. The van der Waals surface area contributed by atoms with Crippen LogP contribution in [0.4, 0.5) is 0 Å². The monoisotopic (exact) mass is 431 g/mol. The zero-order chi connectivity index (χ0) is 19.1. The minimum Gasteiger partial charge on any atom is -0.507 e. The lowest BCUT2D eigenvalue weighted by atomic mass is 10.1. The Morgan fingerprint density at radius 1 is 1.07 bits per heavy atom. The van der Waals surface area contributed by atoms with E-state index in [4.69, 9.17) is 0 Å². The Bertz CT molecular complexity index is 1030. The number of benzene rings is 1. The number of fused-ring (bicyclic) bond motifs is 1. The van der Waals surface area contributed by atoms with E-state index in [1.165, 1.54) is 12.1 Å². The highest BCUT2D eigenvalue weighted by Crippen LogP contribution is 2.35. The topological polar surface area (TPSA) is 94.2 Å². The van der Waals surface area contributed by atoms with Crippen molar-refractivity contribution in [2.75, 3.05) is 33.2 Å². The standard InChI is InChI=1S/C18H18BrN5O3/c1-22-4-6-23(7-5-22)18(27)13-8-12(14(25)9-15(13)26)17-21-20-16-3-2-11(19)10-24(16)17/h2-3,8-10,25-26H,4-7H2,1H3. The van der Waals surface area contributed by atoms with E-state index in [0.717, 1.165) is 17.6 Å². The number of aromatic hydroxyl groups is 2. The van der Waals surface area contributed by atoms with Crippen LogP contribution in [-0.4, -0.2) is 73.7 Å². The van der Waals surface area contributed by atoms with Crippen molar-refractivity contribution in [2.24, 2.45) is 0 Å². The number of halogens is 1. The van der Waals surface area contributed by atoms with Crippen LogP contribution in [0, 0.1) is 0 Å². The lowest BCUT2D eigenvalue weighted by Gasteiger charge is -2.32. The number of pyridine rings is 1. The number of nitrogens with zero attached hydrogens (tertiary/aromatic N) is 5. The molecule has 27 heavy (non-hydrogen) atoms. The molecule has 0 radical (unpaired) electrons. The maximum atomic E-state index is 12.9. The molecular formula is C18H18BrN5O3. The summed E-state index contributed by atoms with van der Waals surface area (Å²) in [6.07, 6.45) is 1.78. The Balaban J connectivity index is 1.77. The summed E-state index contributed by atoms with van der Waals surface area (Å²) in [6, 6.07) is 6.28. The van der Waals surface area contributed by atoms with Crippen LogP contribution in [0.1, 0.15) is 10.4 Å². The maximum absolute atomic E-state index is 12.9. The quantitative estimate of drug-likeness (QED) is 0.643. The van der Waals surface area contributed by atoms with Gasteiger partial charge in [0.05, 0.1) is 11.1 Å². The summed E-state index contributed by atoms with van der Waals surface area (Å²) in [6.45, 7) is 2.73. The van der Waals surface area contributed by atoms with E-state index in [-0.39, 0.29) is 23.0 Å². The molecule has 2 aromatic heterocycles. The third-order valence-corrected chi connectivity index (χ3v) is 5.21. The number of rotatable bonds is 2. The van der Waals surface area contributed by atoms with Crippen LogP contribution in [0.2, 0.25) is 0 Å². The normalized spacial score (nSPS) is 15.4. The molecule has 1 aromatic carbocycles. The third kappa shape index (κ3) is 3.24. The van der Waals surface area contributed by atoms with E-state index in [1.54, 1.807) is 21.6 Å². The first-order valence-corrected chi connectivity index (χ1v) is 9.28. The van der Waals surface area contributed by atoms with Crippen LogP contribution >= 0.6 is 15.9 Å².